The molecule has 1 aliphatic rings. The van der Waals surface area contributed by atoms with Crippen LogP contribution in [0.15, 0.2) is 54.6 Å². The van der Waals surface area contributed by atoms with Gasteiger partial charge in [-0.15, -0.1) is 0 Å². The average Bonchev–Trinajstić information content (AvgIpc) is 3.23. The van der Waals surface area contributed by atoms with Gasteiger partial charge >= 0.3 is 0 Å². The van der Waals surface area contributed by atoms with Gasteiger partial charge in [0.05, 0.1) is 6.04 Å². The normalized spacial score (nSPS) is 16.4. The van der Waals surface area contributed by atoms with Crippen LogP contribution in [-0.2, 0) is 4.79 Å². The second-order valence-electron chi connectivity index (χ2n) is 7.48. The van der Waals surface area contributed by atoms with Crippen LogP contribution in [-0.4, -0.2) is 42.4 Å². The van der Waals surface area contributed by atoms with E-state index in [1.807, 2.05) is 43.3 Å². The molecule has 2 N–H and O–H groups in total. The van der Waals surface area contributed by atoms with Crippen LogP contribution in [0.4, 0.5) is 0 Å². The van der Waals surface area contributed by atoms with Gasteiger partial charge in [-0.25, -0.2) is 0 Å². The summed E-state index contributed by atoms with van der Waals surface area (Å²) in [6.07, 6.45) is 2.39. The summed E-state index contributed by atoms with van der Waals surface area (Å²) in [4.78, 5) is 27.4. The molecule has 0 spiro atoms. The fourth-order valence-electron chi connectivity index (χ4n) is 3.67. The van der Waals surface area contributed by atoms with E-state index in [1.165, 1.54) is 18.4 Å². The number of aryl methyl sites for hydroxylation is 1. The third-order valence-electron chi connectivity index (χ3n) is 5.26. The molecule has 2 amide bonds. The van der Waals surface area contributed by atoms with E-state index < -0.39 is 6.04 Å². The monoisotopic (exact) mass is 379 g/mol. The Bertz CT molecular complexity index is 801. The first-order chi connectivity index (χ1) is 13.5. The summed E-state index contributed by atoms with van der Waals surface area (Å²) in [7, 11) is 0. The molecular weight excluding hydrogens is 350 g/mol. The summed E-state index contributed by atoms with van der Waals surface area (Å²) in [5, 5.41) is 5.82. The lowest BCUT2D eigenvalue weighted by atomic mass is 10.1. The Labute approximate surface area is 167 Å². The third-order valence-corrected chi connectivity index (χ3v) is 5.26. The first kappa shape index (κ1) is 20.1. The molecule has 0 aromatic heterocycles. The Morgan fingerprint density at radius 3 is 2.43 bits per heavy atom. The highest BCUT2D eigenvalue weighted by Gasteiger charge is 2.25. The van der Waals surface area contributed by atoms with Gasteiger partial charge in [-0.05, 0) is 57.5 Å². The number of hydrogen-bond donors (Lipinski definition) is 2. The lowest BCUT2D eigenvalue weighted by Gasteiger charge is -2.28. The van der Waals surface area contributed by atoms with Crippen molar-refractivity contribution < 1.29 is 9.59 Å². The second kappa shape index (κ2) is 9.51. The molecule has 3 rings (SSSR count). The number of hydrogen-bond acceptors (Lipinski definition) is 3. The van der Waals surface area contributed by atoms with E-state index in [0.29, 0.717) is 12.1 Å². The molecule has 1 aliphatic heterocycles. The van der Waals surface area contributed by atoms with Gasteiger partial charge in [-0.2, -0.15) is 0 Å². The van der Waals surface area contributed by atoms with Crippen molar-refractivity contribution in [2.24, 2.45) is 0 Å². The summed E-state index contributed by atoms with van der Waals surface area (Å²) in [6.45, 7) is 6.29. The van der Waals surface area contributed by atoms with Gasteiger partial charge in [0.25, 0.3) is 5.91 Å². The molecule has 2 aromatic carbocycles. The molecule has 5 nitrogen and oxygen atoms in total. The van der Waals surface area contributed by atoms with E-state index in [-0.39, 0.29) is 17.9 Å². The maximum Gasteiger partial charge on any atom is 0.251 e. The predicted molar refractivity (Wildman–Crippen MR) is 111 cm³/mol. The van der Waals surface area contributed by atoms with Gasteiger partial charge in [0.15, 0.2) is 0 Å². The topological polar surface area (TPSA) is 61.4 Å². The lowest BCUT2D eigenvalue weighted by Crippen LogP contribution is -2.47. The number of carbonyl (C=O) groups excluding carboxylic acids is 2. The zero-order chi connectivity index (χ0) is 19.9. The first-order valence-corrected chi connectivity index (χ1v) is 9.99. The van der Waals surface area contributed by atoms with Crippen molar-refractivity contribution in [2.45, 2.75) is 38.8 Å². The van der Waals surface area contributed by atoms with E-state index >= 15 is 0 Å². The van der Waals surface area contributed by atoms with Crippen LogP contribution in [0.1, 0.15) is 47.3 Å². The Morgan fingerprint density at radius 1 is 1.04 bits per heavy atom. The highest BCUT2D eigenvalue weighted by molar-refractivity contribution is 5.97. The molecular formula is C23H29N3O2. The molecule has 28 heavy (non-hydrogen) atoms. The number of carbonyl (C=O) groups is 2. The minimum absolute atomic E-state index is 0.160. The van der Waals surface area contributed by atoms with Crippen LogP contribution in [0, 0.1) is 6.92 Å². The van der Waals surface area contributed by atoms with Gasteiger partial charge < -0.3 is 10.6 Å². The number of rotatable bonds is 7. The van der Waals surface area contributed by atoms with Crippen LogP contribution in [0.3, 0.4) is 0 Å². The standard InChI is InChI=1S/C23H29N3O2/c1-17-9-8-12-20(15-17)23(28)25-18(2)22(27)24-16-21(26-13-6-7-14-26)19-10-4-3-5-11-19/h3-5,8-12,15,18,21H,6-7,13-14,16H2,1-2H3,(H,24,27)(H,25,28). The van der Waals surface area contributed by atoms with Gasteiger partial charge in [0.2, 0.25) is 5.91 Å². The van der Waals surface area contributed by atoms with Crippen molar-refractivity contribution in [1.29, 1.82) is 0 Å². The summed E-state index contributed by atoms with van der Waals surface area (Å²) in [5.41, 5.74) is 2.79. The first-order valence-electron chi connectivity index (χ1n) is 9.99. The maximum atomic E-state index is 12.6. The van der Waals surface area contributed by atoms with Crippen LogP contribution in [0.2, 0.25) is 0 Å². The zero-order valence-corrected chi connectivity index (χ0v) is 16.7. The highest BCUT2D eigenvalue weighted by Crippen LogP contribution is 2.24. The second-order valence-corrected chi connectivity index (χ2v) is 7.48. The Kier molecular flexibility index (Phi) is 6.82. The quantitative estimate of drug-likeness (QED) is 0.777. The molecule has 0 saturated carbocycles. The van der Waals surface area contributed by atoms with Crippen molar-refractivity contribution in [3.8, 4) is 0 Å². The van der Waals surface area contributed by atoms with E-state index in [9.17, 15) is 9.59 Å². The maximum absolute atomic E-state index is 12.6. The average molecular weight is 380 g/mol. The number of benzene rings is 2. The summed E-state index contributed by atoms with van der Waals surface area (Å²) in [5.74, 6) is -0.397. The smallest absolute Gasteiger partial charge is 0.251 e. The zero-order valence-electron chi connectivity index (χ0n) is 16.7. The molecule has 0 aliphatic carbocycles. The Hall–Kier alpha value is -2.66. The molecule has 0 radical (unpaired) electrons. The number of nitrogens with zero attached hydrogens (tertiary/aromatic N) is 1. The minimum atomic E-state index is -0.594. The molecule has 5 heteroatoms. The van der Waals surface area contributed by atoms with Crippen molar-refractivity contribution in [3.63, 3.8) is 0 Å². The molecule has 2 unspecified atom stereocenters. The minimum Gasteiger partial charge on any atom is -0.352 e. The third kappa shape index (κ3) is 5.20. The molecule has 148 valence electrons. The van der Waals surface area contributed by atoms with E-state index in [1.54, 1.807) is 13.0 Å². The fraction of sp³-hybridized carbons (Fsp3) is 0.391. The molecule has 2 aromatic rings. The van der Waals surface area contributed by atoms with Gasteiger partial charge in [0, 0.05) is 12.1 Å². The predicted octanol–water partition coefficient (Wildman–Crippen LogP) is 3.07. The van der Waals surface area contributed by atoms with Crippen molar-refractivity contribution in [2.75, 3.05) is 19.6 Å². The van der Waals surface area contributed by atoms with Crippen LogP contribution in [0.25, 0.3) is 0 Å². The van der Waals surface area contributed by atoms with E-state index in [4.69, 9.17) is 0 Å². The number of likely N-dealkylation sites (tertiary alicyclic amines) is 1. The Morgan fingerprint density at radius 2 is 1.75 bits per heavy atom. The molecule has 0 bridgehead atoms. The van der Waals surface area contributed by atoms with Crippen LogP contribution in [0.5, 0.6) is 0 Å². The van der Waals surface area contributed by atoms with Crippen molar-refractivity contribution >= 4 is 11.8 Å². The molecule has 2 atom stereocenters. The summed E-state index contributed by atoms with van der Waals surface area (Å²) < 4.78 is 0. The van der Waals surface area contributed by atoms with Crippen molar-refractivity contribution in [1.82, 2.24) is 15.5 Å². The van der Waals surface area contributed by atoms with Crippen LogP contribution >= 0.6 is 0 Å². The van der Waals surface area contributed by atoms with E-state index in [0.717, 1.165) is 18.7 Å². The largest absolute Gasteiger partial charge is 0.352 e. The van der Waals surface area contributed by atoms with Gasteiger partial charge in [0.1, 0.15) is 6.04 Å². The SMILES string of the molecule is Cc1cccc(C(=O)NC(C)C(=O)NCC(c2ccccc2)N2CCCC2)c1. The van der Waals surface area contributed by atoms with Crippen molar-refractivity contribution in [3.05, 3.63) is 71.3 Å². The van der Waals surface area contributed by atoms with Gasteiger partial charge in [-0.3, -0.25) is 14.5 Å². The molecule has 1 fully saturated rings. The molecule has 1 heterocycles. The Balaban J connectivity index is 1.58. The summed E-state index contributed by atoms with van der Waals surface area (Å²) >= 11 is 0. The molecule has 1 saturated heterocycles. The van der Waals surface area contributed by atoms with E-state index in [2.05, 4.69) is 27.7 Å². The van der Waals surface area contributed by atoms with Crippen LogP contribution < -0.4 is 10.6 Å². The fourth-order valence-corrected chi connectivity index (χ4v) is 3.67. The summed E-state index contributed by atoms with van der Waals surface area (Å²) in [6, 6.07) is 17.2. The number of nitrogens with one attached hydrogen (secondary N) is 2. The number of amides is 2. The lowest BCUT2D eigenvalue weighted by molar-refractivity contribution is -0.122. The van der Waals surface area contributed by atoms with Gasteiger partial charge in [-0.1, -0.05) is 48.0 Å². The highest BCUT2D eigenvalue weighted by atomic mass is 16.2.